The van der Waals surface area contributed by atoms with Crippen LogP contribution in [0.15, 0.2) is 0 Å². The van der Waals surface area contributed by atoms with E-state index in [0.717, 1.165) is 32.8 Å². The van der Waals surface area contributed by atoms with E-state index in [1.54, 1.807) is 0 Å². The van der Waals surface area contributed by atoms with Gasteiger partial charge in [-0.25, -0.2) is 0 Å². The van der Waals surface area contributed by atoms with Gasteiger partial charge in [0.2, 0.25) is 0 Å². The summed E-state index contributed by atoms with van der Waals surface area (Å²) in [5, 5.41) is 3.62. The van der Waals surface area contributed by atoms with Crippen LogP contribution >= 0.6 is 0 Å². The number of hydrogen-bond donors (Lipinski definition) is 1. The molecule has 0 aromatic rings. The van der Waals surface area contributed by atoms with Gasteiger partial charge in [0.05, 0.1) is 6.61 Å². The third-order valence-corrected chi connectivity index (χ3v) is 4.48. The average Bonchev–Trinajstić information content (AvgIpc) is 2.41. The van der Waals surface area contributed by atoms with Gasteiger partial charge >= 0.3 is 0 Å². The molecule has 0 aromatic carbocycles. The Hall–Kier alpha value is -0.120. The summed E-state index contributed by atoms with van der Waals surface area (Å²) in [6.45, 7) is 12.1. The van der Waals surface area contributed by atoms with E-state index in [4.69, 9.17) is 4.74 Å². The van der Waals surface area contributed by atoms with Gasteiger partial charge in [0.15, 0.2) is 0 Å². The third kappa shape index (κ3) is 5.41. The SMILES string of the molecule is CCCNCC1(CN(C)C(CC)CC)CCCOC1. The van der Waals surface area contributed by atoms with Crippen LogP contribution in [0.25, 0.3) is 0 Å². The van der Waals surface area contributed by atoms with E-state index < -0.39 is 0 Å². The van der Waals surface area contributed by atoms with Crippen molar-refractivity contribution in [1.82, 2.24) is 10.2 Å². The third-order valence-electron chi connectivity index (χ3n) is 4.48. The van der Waals surface area contributed by atoms with E-state index in [-0.39, 0.29) is 0 Å². The van der Waals surface area contributed by atoms with Crippen LogP contribution in [-0.4, -0.2) is 50.8 Å². The topological polar surface area (TPSA) is 24.5 Å². The summed E-state index contributed by atoms with van der Waals surface area (Å²) in [4.78, 5) is 2.56. The van der Waals surface area contributed by atoms with Gasteiger partial charge in [0, 0.05) is 31.2 Å². The van der Waals surface area contributed by atoms with Crippen molar-refractivity contribution in [3.05, 3.63) is 0 Å². The van der Waals surface area contributed by atoms with Crippen molar-refractivity contribution in [2.24, 2.45) is 5.41 Å². The number of rotatable bonds is 9. The average molecular weight is 270 g/mol. The van der Waals surface area contributed by atoms with Crippen LogP contribution < -0.4 is 5.32 Å². The molecule has 1 saturated heterocycles. The highest BCUT2D eigenvalue weighted by molar-refractivity contribution is 4.88. The molecule has 0 saturated carbocycles. The van der Waals surface area contributed by atoms with E-state index in [2.05, 4.69) is 38.0 Å². The summed E-state index contributed by atoms with van der Waals surface area (Å²) >= 11 is 0. The van der Waals surface area contributed by atoms with Crippen molar-refractivity contribution in [2.75, 3.05) is 39.9 Å². The van der Waals surface area contributed by atoms with Crippen molar-refractivity contribution in [3.8, 4) is 0 Å². The molecule has 3 nitrogen and oxygen atoms in total. The van der Waals surface area contributed by atoms with E-state index >= 15 is 0 Å². The molecule has 1 unspecified atom stereocenters. The van der Waals surface area contributed by atoms with Gasteiger partial charge in [-0.2, -0.15) is 0 Å². The van der Waals surface area contributed by atoms with Gasteiger partial charge in [-0.1, -0.05) is 20.8 Å². The molecule has 0 aromatic heterocycles. The number of nitrogens with one attached hydrogen (secondary N) is 1. The van der Waals surface area contributed by atoms with Crippen LogP contribution in [0.5, 0.6) is 0 Å². The summed E-state index contributed by atoms with van der Waals surface area (Å²) in [6.07, 6.45) is 6.21. The zero-order valence-corrected chi connectivity index (χ0v) is 13.5. The maximum Gasteiger partial charge on any atom is 0.0546 e. The lowest BCUT2D eigenvalue weighted by molar-refractivity contribution is -0.0286. The normalized spacial score (nSPS) is 24.3. The maximum atomic E-state index is 5.80. The highest BCUT2D eigenvalue weighted by atomic mass is 16.5. The van der Waals surface area contributed by atoms with Crippen LogP contribution in [0.2, 0.25) is 0 Å². The Morgan fingerprint density at radius 1 is 1.26 bits per heavy atom. The van der Waals surface area contributed by atoms with Crippen molar-refractivity contribution < 1.29 is 4.74 Å². The van der Waals surface area contributed by atoms with E-state index in [1.165, 1.54) is 32.1 Å². The predicted octanol–water partition coefficient (Wildman–Crippen LogP) is 2.90. The summed E-state index contributed by atoms with van der Waals surface area (Å²) in [5.41, 5.74) is 0.324. The summed E-state index contributed by atoms with van der Waals surface area (Å²) in [7, 11) is 2.29. The zero-order valence-electron chi connectivity index (χ0n) is 13.5. The molecular weight excluding hydrogens is 236 g/mol. The van der Waals surface area contributed by atoms with Crippen LogP contribution in [0.3, 0.4) is 0 Å². The Morgan fingerprint density at radius 2 is 2.00 bits per heavy atom. The molecule has 1 atom stereocenters. The molecule has 1 aliphatic rings. The Morgan fingerprint density at radius 3 is 2.53 bits per heavy atom. The summed E-state index contributed by atoms with van der Waals surface area (Å²) in [5.74, 6) is 0. The fourth-order valence-corrected chi connectivity index (χ4v) is 3.33. The second kappa shape index (κ2) is 8.93. The first-order valence-corrected chi connectivity index (χ1v) is 8.16. The van der Waals surface area contributed by atoms with Gasteiger partial charge < -0.3 is 15.0 Å². The molecule has 1 aliphatic heterocycles. The first-order chi connectivity index (χ1) is 9.17. The number of nitrogens with zero attached hydrogens (tertiary/aromatic N) is 1. The Bertz CT molecular complexity index is 223. The van der Waals surface area contributed by atoms with Crippen molar-refractivity contribution in [3.63, 3.8) is 0 Å². The lowest BCUT2D eigenvalue weighted by Crippen LogP contribution is -2.50. The number of hydrogen-bond acceptors (Lipinski definition) is 3. The molecule has 0 aliphatic carbocycles. The van der Waals surface area contributed by atoms with Gasteiger partial charge in [-0.15, -0.1) is 0 Å². The molecule has 114 valence electrons. The van der Waals surface area contributed by atoms with E-state index in [9.17, 15) is 0 Å². The molecule has 1 heterocycles. The highest BCUT2D eigenvalue weighted by Crippen LogP contribution is 2.30. The smallest absolute Gasteiger partial charge is 0.0546 e. The minimum absolute atomic E-state index is 0.324. The van der Waals surface area contributed by atoms with Gasteiger partial charge in [-0.05, 0) is 45.7 Å². The maximum absolute atomic E-state index is 5.80. The van der Waals surface area contributed by atoms with Crippen molar-refractivity contribution >= 4 is 0 Å². The van der Waals surface area contributed by atoms with Crippen LogP contribution in [-0.2, 0) is 4.74 Å². The fourth-order valence-electron chi connectivity index (χ4n) is 3.33. The van der Waals surface area contributed by atoms with E-state index in [0.29, 0.717) is 11.5 Å². The molecular formula is C16H34N2O. The summed E-state index contributed by atoms with van der Waals surface area (Å²) < 4.78 is 5.80. The van der Waals surface area contributed by atoms with Crippen molar-refractivity contribution in [2.45, 2.75) is 58.9 Å². The molecule has 1 fully saturated rings. The van der Waals surface area contributed by atoms with E-state index in [1.807, 2.05) is 0 Å². The molecule has 3 heteroatoms. The van der Waals surface area contributed by atoms with Crippen LogP contribution in [0, 0.1) is 5.41 Å². The van der Waals surface area contributed by atoms with Crippen LogP contribution in [0.4, 0.5) is 0 Å². The predicted molar refractivity (Wildman–Crippen MR) is 82.6 cm³/mol. The molecule has 0 amide bonds. The minimum Gasteiger partial charge on any atom is -0.381 e. The largest absolute Gasteiger partial charge is 0.381 e. The summed E-state index contributed by atoms with van der Waals surface area (Å²) in [6, 6.07) is 0.713. The standard InChI is InChI=1S/C16H34N2O/c1-5-10-17-12-16(9-8-11-19-14-16)13-18(4)15(6-2)7-3/h15,17H,5-14H2,1-4H3. The molecule has 19 heavy (non-hydrogen) atoms. The zero-order chi connectivity index (χ0) is 14.1. The fraction of sp³-hybridized carbons (Fsp3) is 1.00. The quantitative estimate of drug-likeness (QED) is 0.652. The lowest BCUT2D eigenvalue weighted by Gasteiger charge is -2.42. The Kier molecular flexibility index (Phi) is 7.96. The second-order valence-electron chi connectivity index (χ2n) is 6.22. The lowest BCUT2D eigenvalue weighted by atomic mass is 9.81. The number of ether oxygens (including phenoxy) is 1. The first kappa shape index (κ1) is 16.9. The Balaban J connectivity index is 2.57. The van der Waals surface area contributed by atoms with Gasteiger partial charge in [-0.3, -0.25) is 0 Å². The molecule has 1 rings (SSSR count). The first-order valence-electron chi connectivity index (χ1n) is 8.16. The van der Waals surface area contributed by atoms with Crippen molar-refractivity contribution in [1.29, 1.82) is 0 Å². The molecule has 0 bridgehead atoms. The minimum atomic E-state index is 0.324. The molecule has 0 radical (unpaired) electrons. The van der Waals surface area contributed by atoms with Gasteiger partial charge in [0.1, 0.15) is 0 Å². The highest BCUT2D eigenvalue weighted by Gasteiger charge is 2.34. The Labute approximate surface area is 120 Å². The molecule has 0 spiro atoms. The van der Waals surface area contributed by atoms with Crippen LogP contribution in [0.1, 0.15) is 52.9 Å². The molecule has 1 N–H and O–H groups in total. The second-order valence-corrected chi connectivity index (χ2v) is 6.22. The van der Waals surface area contributed by atoms with Gasteiger partial charge in [0.25, 0.3) is 0 Å². The monoisotopic (exact) mass is 270 g/mol.